The molecule has 0 aliphatic heterocycles. The fraction of sp³-hybridized carbons (Fsp3) is 0.848. The lowest BCUT2D eigenvalue weighted by atomic mass is 9.94. The summed E-state index contributed by atoms with van der Waals surface area (Å²) in [5.41, 5.74) is 0. The molecular weight excluding hydrogens is 534 g/mol. The van der Waals surface area contributed by atoms with E-state index in [0.717, 1.165) is 25.7 Å². The molecule has 0 aromatic carbocycles. The van der Waals surface area contributed by atoms with E-state index in [-0.39, 0.29) is 61.7 Å². The Kier molecular flexibility index (Phi) is 26.3. The largest absolute Gasteiger partial charge is 0.481 e. The number of ketones is 3. The number of carbonyl (C=O) groups excluding carboxylic acids is 4. The standard InChI is InChI=1S/C33H61N3O6/c1-4-5-6-7-8-9-10-11-12-13-14-15-16-19-29(38)24-28(33(41)42)21-22-32(40)36-23-18-17-20-30(34-3)31(39)26-35-25-27(2)37/h28,30,34-35H,4-26H2,1-3H3,(H,36,40)(H,41,42)/t28-,30+/m1/s1. The number of aliphatic carboxylic acids is 1. The second-order valence-electron chi connectivity index (χ2n) is 11.8. The van der Waals surface area contributed by atoms with Crippen LogP contribution < -0.4 is 16.0 Å². The zero-order chi connectivity index (χ0) is 31.4. The monoisotopic (exact) mass is 595 g/mol. The van der Waals surface area contributed by atoms with Crippen molar-refractivity contribution in [2.24, 2.45) is 5.92 Å². The zero-order valence-corrected chi connectivity index (χ0v) is 26.9. The summed E-state index contributed by atoms with van der Waals surface area (Å²) in [5.74, 6) is -2.14. The van der Waals surface area contributed by atoms with Gasteiger partial charge in [-0.2, -0.15) is 0 Å². The fourth-order valence-corrected chi connectivity index (χ4v) is 5.08. The van der Waals surface area contributed by atoms with Gasteiger partial charge >= 0.3 is 5.97 Å². The van der Waals surface area contributed by atoms with Crippen LogP contribution in [-0.2, 0) is 24.0 Å². The third-order valence-electron chi connectivity index (χ3n) is 7.75. The van der Waals surface area contributed by atoms with Gasteiger partial charge in [0.05, 0.1) is 25.0 Å². The van der Waals surface area contributed by atoms with Crippen LogP contribution >= 0.6 is 0 Å². The molecule has 9 nitrogen and oxygen atoms in total. The van der Waals surface area contributed by atoms with Crippen LogP contribution in [0.15, 0.2) is 0 Å². The molecule has 0 aliphatic carbocycles. The van der Waals surface area contributed by atoms with E-state index in [1.165, 1.54) is 71.1 Å². The Hall–Kier alpha value is -2.13. The van der Waals surface area contributed by atoms with Crippen LogP contribution in [-0.4, -0.2) is 67.1 Å². The topological polar surface area (TPSA) is 142 Å². The minimum absolute atomic E-state index is 0.00821. The van der Waals surface area contributed by atoms with Gasteiger partial charge in [0.2, 0.25) is 5.91 Å². The van der Waals surface area contributed by atoms with Gasteiger partial charge in [0.1, 0.15) is 11.6 Å². The lowest BCUT2D eigenvalue weighted by Crippen LogP contribution is -2.40. The van der Waals surface area contributed by atoms with Gasteiger partial charge in [-0.3, -0.25) is 24.0 Å². The maximum absolute atomic E-state index is 12.4. The summed E-state index contributed by atoms with van der Waals surface area (Å²) in [6, 6.07) is -0.311. The molecule has 0 heterocycles. The van der Waals surface area contributed by atoms with Crippen molar-refractivity contribution >= 4 is 29.2 Å². The summed E-state index contributed by atoms with van der Waals surface area (Å²) in [6.07, 6.45) is 18.7. The van der Waals surface area contributed by atoms with Crippen molar-refractivity contribution in [2.75, 3.05) is 26.7 Å². The molecule has 0 unspecified atom stereocenters. The molecule has 9 heteroatoms. The number of nitrogens with one attached hydrogen (secondary N) is 3. The number of rotatable bonds is 31. The van der Waals surface area contributed by atoms with Crippen LogP contribution in [0.4, 0.5) is 0 Å². The minimum atomic E-state index is -1.03. The van der Waals surface area contributed by atoms with Crippen molar-refractivity contribution in [1.29, 1.82) is 0 Å². The highest BCUT2D eigenvalue weighted by atomic mass is 16.4. The SMILES string of the molecule is CCCCCCCCCCCCCCCC(=O)C[C@@H](CCC(=O)NCCCC[C@H](NC)C(=O)CNCC(C)=O)C(=O)O. The molecule has 0 aromatic heterocycles. The van der Waals surface area contributed by atoms with Crippen LogP contribution in [0.5, 0.6) is 0 Å². The first-order valence-corrected chi connectivity index (χ1v) is 16.6. The summed E-state index contributed by atoms with van der Waals surface area (Å²) in [4.78, 5) is 59.4. The highest BCUT2D eigenvalue weighted by Gasteiger charge is 2.22. The molecule has 0 aromatic rings. The maximum atomic E-state index is 12.4. The van der Waals surface area contributed by atoms with Crippen LogP contribution in [0.1, 0.15) is 142 Å². The Morgan fingerprint density at radius 1 is 0.690 bits per heavy atom. The summed E-state index contributed by atoms with van der Waals surface area (Å²) in [7, 11) is 1.72. The second-order valence-corrected chi connectivity index (χ2v) is 11.8. The van der Waals surface area contributed by atoms with Gasteiger partial charge in [0, 0.05) is 25.8 Å². The van der Waals surface area contributed by atoms with E-state index in [2.05, 4.69) is 22.9 Å². The average Bonchev–Trinajstić information content (AvgIpc) is 2.94. The number of hydrogen-bond acceptors (Lipinski definition) is 7. The highest BCUT2D eigenvalue weighted by Crippen LogP contribution is 2.17. The van der Waals surface area contributed by atoms with Gasteiger partial charge < -0.3 is 21.1 Å². The van der Waals surface area contributed by atoms with E-state index in [4.69, 9.17) is 0 Å². The zero-order valence-electron chi connectivity index (χ0n) is 26.9. The predicted octanol–water partition coefficient (Wildman–Crippen LogP) is 5.53. The number of carbonyl (C=O) groups is 5. The van der Waals surface area contributed by atoms with E-state index in [1.54, 1.807) is 7.05 Å². The van der Waals surface area contributed by atoms with Crippen molar-refractivity contribution in [3.63, 3.8) is 0 Å². The Balaban J connectivity index is 3.93. The van der Waals surface area contributed by atoms with E-state index in [0.29, 0.717) is 25.8 Å². The molecule has 0 bridgehead atoms. The molecule has 0 saturated heterocycles. The third-order valence-corrected chi connectivity index (χ3v) is 7.75. The first kappa shape index (κ1) is 39.9. The van der Waals surface area contributed by atoms with E-state index in [1.807, 2.05) is 0 Å². The summed E-state index contributed by atoms with van der Waals surface area (Å²) in [5, 5.41) is 18.2. The molecule has 0 saturated carbocycles. The van der Waals surface area contributed by atoms with Gasteiger partial charge in [-0.15, -0.1) is 0 Å². The molecule has 2 atom stereocenters. The third kappa shape index (κ3) is 24.5. The lowest BCUT2D eigenvalue weighted by Gasteiger charge is -2.15. The van der Waals surface area contributed by atoms with Crippen molar-refractivity contribution in [3.8, 4) is 0 Å². The normalized spacial score (nSPS) is 12.5. The number of likely N-dealkylation sites (N-methyl/N-ethyl adjacent to an activating group) is 1. The van der Waals surface area contributed by atoms with Gasteiger partial charge in [-0.1, -0.05) is 84.0 Å². The number of Topliss-reactive ketones (excluding diaryl/α,β-unsaturated/α-hetero) is 3. The molecule has 0 spiro atoms. The smallest absolute Gasteiger partial charge is 0.306 e. The average molecular weight is 596 g/mol. The number of hydrogen-bond donors (Lipinski definition) is 4. The molecule has 0 aliphatic rings. The van der Waals surface area contributed by atoms with Crippen LogP contribution in [0.25, 0.3) is 0 Å². The summed E-state index contributed by atoms with van der Waals surface area (Å²) < 4.78 is 0. The number of unbranched alkanes of at least 4 members (excludes halogenated alkanes) is 13. The molecule has 0 fully saturated rings. The first-order chi connectivity index (χ1) is 20.2. The Bertz CT molecular complexity index is 758. The molecule has 42 heavy (non-hydrogen) atoms. The number of carboxylic acids is 1. The number of amides is 1. The van der Waals surface area contributed by atoms with Crippen LogP contribution in [0, 0.1) is 5.92 Å². The summed E-state index contributed by atoms with van der Waals surface area (Å²) >= 11 is 0. The number of carboxylic acid groups (broad SMARTS) is 1. The van der Waals surface area contributed by atoms with E-state index in [9.17, 15) is 29.1 Å². The second kappa shape index (κ2) is 27.7. The quantitative estimate of drug-likeness (QED) is 0.0767. The van der Waals surface area contributed by atoms with Crippen molar-refractivity contribution in [2.45, 2.75) is 148 Å². The fourth-order valence-electron chi connectivity index (χ4n) is 5.08. The van der Waals surface area contributed by atoms with Crippen LogP contribution in [0.2, 0.25) is 0 Å². The van der Waals surface area contributed by atoms with Gasteiger partial charge in [0.15, 0.2) is 5.78 Å². The molecule has 0 rings (SSSR count). The molecule has 0 radical (unpaired) electrons. The highest BCUT2D eigenvalue weighted by molar-refractivity contribution is 5.86. The van der Waals surface area contributed by atoms with Crippen LogP contribution in [0.3, 0.4) is 0 Å². The Morgan fingerprint density at radius 2 is 1.26 bits per heavy atom. The van der Waals surface area contributed by atoms with Gasteiger partial charge in [-0.05, 0) is 46.1 Å². The van der Waals surface area contributed by atoms with Gasteiger partial charge in [-0.25, -0.2) is 0 Å². The van der Waals surface area contributed by atoms with Gasteiger partial charge in [0.25, 0.3) is 0 Å². The molecular formula is C33H61N3O6. The van der Waals surface area contributed by atoms with E-state index >= 15 is 0 Å². The van der Waals surface area contributed by atoms with E-state index < -0.39 is 11.9 Å². The summed E-state index contributed by atoms with van der Waals surface area (Å²) in [6.45, 7) is 4.46. The van der Waals surface area contributed by atoms with Crippen molar-refractivity contribution < 1.29 is 29.1 Å². The molecule has 244 valence electrons. The Labute approximate surface area is 255 Å². The minimum Gasteiger partial charge on any atom is -0.481 e. The Morgan fingerprint density at radius 3 is 1.79 bits per heavy atom. The maximum Gasteiger partial charge on any atom is 0.306 e. The van der Waals surface area contributed by atoms with Crippen molar-refractivity contribution in [3.05, 3.63) is 0 Å². The molecule has 4 N–H and O–H groups in total. The molecule has 1 amide bonds. The lowest BCUT2D eigenvalue weighted by molar-refractivity contribution is -0.144. The van der Waals surface area contributed by atoms with Crippen molar-refractivity contribution in [1.82, 2.24) is 16.0 Å². The first-order valence-electron chi connectivity index (χ1n) is 16.6. The predicted molar refractivity (Wildman–Crippen MR) is 169 cm³/mol.